The van der Waals surface area contributed by atoms with Gasteiger partial charge in [-0.15, -0.1) is 0 Å². The number of allylic oxidation sites excluding steroid dienone is 2. The molecule has 0 unspecified atom stereocenters. The summed E-state index contributed by atoms with van der Waals surface area (Å²) in [5.74, 6) is 0.854. The zero-order valence-corrected chi connectivity index (χ0v) is 28.4. The van der Waals surface area contributed by atoms with E-state index in [9.17, 15) is 0 Å². The predicted molar refractivity (Wildman–Crippen MR) is 210 cm³/mol. The molecule has 0 saturated heterocycles. The van der Waals surface area contributed by atoms with Gasteiger partial charge in [-0.1, -0.05) is 121 Å². The second-order valence-electron chi connectivity index (χ2n) is 12.7. The molecule has 0 radical (unpaired) electrons. The lowest BCUT2D eigenvalue weighted by atomic mass is 10.1. The van der Waals surface area contributed by atoms with Crippen LogP contribution in [0.25, 0.3) is 56.2 Å². The van der Waals surface area contributed by atoms with E-state index in [1.54, 1.807) is 7.11 Å². The number of nitrogens with zero attached hydrogens (tertiary/aromatic N) is 2. The van der Waals surface area contributed by atoms with Crippen molar-refractivity contribution in [1.29, 1.82) is 0 Å². The molecular weight excluding hydrogens is 615 g/mol. The summed E-state index contributed by atoms with van der Waals surface area (Å²) < 4.78 is 10.7. The highest BCUT2D eigenvalue weighted by Crippen LogP contribution is 2.43. The average Bonchev–Trinajstić information content (AvgIpc) is 3.57. The third-order valence-corrected chi connectivity index (χ3v) is 12.1. The number of methoxy groups -OCH3 is 1. The Morgan fingerprint density at radius 2 is 1.20 bits per heavy atom. The molecule has 2 heterocycles. The maximum Gasteiger partial charge on any atom is 0.119 e. The van der Waals surface area contributed by atoms with Crippen LogP contribution < -0.4 is 20.7 Å². The van der Waals surface area contributed by atoms with Crippen molar-refractivity contribution in [1.82, 2.24) is 9.13 Å². The molecule has 0 spiro atoms. The number of rotatable bonds is 6. The standard InChI is InChI=1S/C45H35N2OP/c1-31-14-12-23-42-40(28-31)38-25-26-39-41-30-34(48-2)24-27-43(41)47(45(39)44(38)46(42)32-15-6-3-7-16-32)33-17-13-22-37(29-33)49(35-18-8-4-9-19-35)36-20-10-5-11-21-36/h3-13,15-30H,14H2,1-2H3. The van der Waals surface area contributed by atoms with Gasteiger partial charge in [-0.2, -0.15) is 0 Å². The first-order valence-electron chi connectivity index (χ1n) is 16.8. The van der Waals surface area contributed by atoms with Gasteiger partial charge in [-0.3, -0.25) is 0 Å². The Bertz CT molecular complexity index is 2520. The third kappa shape index (κ3) is 4.93. The van der Waals surface area contributed by atoms with Crippen LogP contribution in [-0.2, 0) is 0 Å². The van der Waals surface area contributed by atoms with Gasteiger partial charge in [0, 0.05) is 33.1 Å². The van der Waals surface area contributed by atoms with Gasteiger partial charge in [0.2, 0.25) is 0 Å². The SMILES string of the molecule is COc1ccc2c(c1)c1ccc3c4c(n(-c5ccccc5)c3c1n2-c1cccc(P(c2ccccc2)c2ccccc2)c1)C=CCC(C)=C4. The van der Waals surface area contributed by atoms with Crippen molar-refractivity contribution in [2.45, 2.75) is 13.3 Å². The minimum atomic E-state index is -0.771. The number of fused-ring (bicyclic) bond motifs is 7. The summed E-state index contributed by atoms with van der Waals surface area (Å²) in [7, 11) is 0.975. The van der Waals surface area contributed by atoms with Crippen molar-refractivity contribution < 1.29 is 4.74 Å². The molecule has 0 fully saturated rings. The van der Waals surface area contributed by atoms with Crippen molar-refractivity contribution in [3.63, 3.8) is 0 Å². The van der Waals surface area contributed by atoms with E-state index >= 15 is 0 Å². The highest BCUT2D eigenvalue weighted by molar-refractivity contribution is 7.79. The van der Waals surface area contributed by atoms with Gasteiger partial charge in [-0.05, 0) is 85.7 Å². The molecule has 8 aromatic rings. The predicted octanol–water partition coefficient (Wildman–Crippen LogP) is 10.3. The number of hydrogen-bond donors (Lipinski definition) is 0. The van der Waals surface area contributed by atoms with Crippen LogP contribution in [0.15, 0.2) is 157 Å². The summed E-state index contributed by atoms with van der Waals surface area (Å²) in [6, 6.07) is 53.0. The van der Waals surface area contributed by atoms with Gasteiger partial charge in [0.05, 0.1) is 29.4 Å². The molecule has 2 aromatic heterocycles. The van der Waals surface area contributed by atoms with Crippen LogP contribution >= 0.6 is 7.92 Å². The Kier molecular flexibility index (Phi) is 7.29. The fourth-order valence-electron chi connectivity index (χ4n) is 7.48. The first-order chi connectivity index (χ1) is 24.2. The van der Waals surface area contributed by atoms with Crippen LogP contribution in [0, 0.1) is 0 Å². The molecule has 9 rings (SSSR count). The van der Waals surface area contributed by atoms with E-state index in [-0.39, 0.29) is 0 Å². The van der Waals surface area contributed by atoms with Crippen LogP contribution in [0.4, 0.5) is 0 Å². The number of para-hydroxylation sites is 1. The van der Waals surface area contributed by atoms with Crippen molar-refractivity contribution in [3.8, 4) is 17.1 Å². The number of benzene rings is 6. The Labute approximate surface area is 287 Å². The minimum absolute atomic E-state index is 0.771. The molecule has 4 heteroatoms. The van der Waals surface area contributed by atoms with Gasteiger partial charge < -0.3 is 13.9 Å². The first-order valence-corrected chi connectivity index (χ1v) is 18.1. The Morgan fingerprint density at radius 3 is 1.92 bits per heavy atom. The quantitative estimate of drug-likeness (QED) is 0.164. The zero-order valence-electron chi connectivity index (χ0n) is 27.5. The fraction of sp³-hybridized carbons (Fsp3) is 0.0667. The largest absolute Gasteiger partial charge is 0.497 e. The summed E-state index contributed by atoms with van der Waals surface area (Å²) in [4.78, 5) is 0. The van der Waals surface area contributed by atoms with E-state index in [0.29, 0.717) is 0 Å². The van der Waals surface area contributed by atoms with Gasteiger partial charge in [0.1, 0.15) is 5.75 Å². The molecule has 0 atom stereocenters. The molecule has 1 aliphatic carbocycles. The van der Waals surface area contributed by atoms with Crippen LogP contribution in [-0.4, -0.2) is 16.2 Å². The topological polar surface area (TPSA) is 19.1 Å². The molecule has 0 bridgehead atoms. The molecular formula is C45H35N2OP. The maximum absolute atomic E-state index is 5.78. The van der Waals surface area contributed by atoms with Crippen LogP contribution in [0.1, 0.15) is 24.6 Å². The molecule has 0 amide bonds. The molecule has 49 heavy (non-hydrogen) atoms. The van der Waals surface area contributed by atoms with Crippen LogP contribution in [0.2, 0.25) is 0 Å². The Hall–Kier alpha value is -5.63. The molecule has 0 saturated carbocycles. The van der Waals surface area contributed by atoms with E-state index in [1.165, 1.54) is 59.9 Å². The van der Waals surface area contributed by atoms with Crippen LogP contribution in [0.5, 0.6) is 5.75 Å². The van der Waals surface area contributed by atoms with E-state index in [0.717, 1.165) is 29.1 Å². The second kappa shape index (κ2) is 12.1. The summed E-state index contributed by atoms with van der Waals surface area (Å²) in [6.45, 7) is 2.23. The van der Waals surface area contributed by atoms with Crippen LogP contribution in [0.3, 0.4) is 0 Å². The number of hydrogen-bond acceptors (Lipinski definition) is 1. The second-order valence-corrected chi connectivity index (χ2v) is 14.9. The minimum Gasteiger partial charge on any atom is -0.497 e. The molecule has 0 N–H and O–H groups in total. The van der Waals surface area contributed by atoms with Gasteiger partial charge in [0.25, 0.3) is 0 Å². The Balaban J connectivity index is 1.41. The summed E-state index contributed by atoms with van der Waals surface area (Å²) >= 11 is 0. The van der Waals surface area contributed by atoms with Gasteiger partial charge in [-0.25, -0.2) is 0 Å². The Morgan fingerprint density at radius 1 is 0.571 bits per heavy atom. The number of ether oxygens (including phenoxy) is 1. The first kappa shape index (κ1) is 29.5. The van der Waals surface area contributed by atoms with Crippen molar-refractivity contribution in [3.05, 3.63) is 168 Å². The lowest BCUT2D eigenvalue weighted by Gasteiger charge is -2.21. The average molecular weight is 651 g/mol. The highest BCUT2D eigenvalue weighted by atomic mass is 31.1. The van der Waals surface area contributed by atoms with E-state index in [4.69, 9.17) is 4.74 Å². The normalized spacial score (nSPS) is 12.8. The summed E-state index contributed by atoms with van der Waals surface area (Å²) in [6.07, 6.45) is 7.94. The lowest BCUT2D eigenvalue weighted by molar-refractivity contribution is 0.415. The van der Waals surface area contributed by atoms with E-state index in [1.807, 2.05) is 0 Å². The molecule has 6 aromatic carbocycles. The fourth-order valence-corrected chi connectivity index (χ4v) is 9.81. The molecule has 1 aliphatic rings. The highest BCUT2D eigenvalue weighted by Gasteiger charge is 2.24. The monoisotopic (exact) mass is 650 g/mol. The summed E-state index contributed by atoms with van der Waals surface area (Å²) in [5.41, 5.74) is 9.69. The molecule has 0 aliphatic heterocycles. The third-order valence-electron chi connectivity index (χ3n) is 9.64. The maximum atomic E-state index is 5.78. The van der Waals surface area contributed by atoms with Crippen molar-refractivity contribution in [2.24, 2.45) is 0 Å². The molecule has 3 nitrogen and oxygen atoms in total. The van der Waals surface area contributed by atoms with Gasteiger partial charge >= 0.3 is 0 Å². The smallest absolute Gasteiger partial charge is 0.119 e. The summed E-state index contributed by atoms with van der Waals surface area (Å²) in [5, 5.41) is 7.62. The number of aromatic nitrogens is 2. The molecule has 236 valence electrons. The van der Waals surface area contributed by atoms with E-state index < -0.39 is 7.92 Å². The zero-order chi connectivity index (χ0) is 32.9. The lowest BCUT2D eigenvalue weighted by Crippen LogP contribution is -2.20. The van der Waals surface area contributed by atoms with Gasteiger partial charge in [0.15, 0.2) is 0 Å². The van der Waals surface area contributed by atoms with Crippen molar-refractivity contribution >= 4 is 68.7 Å². The van der Waals surface area contributed by atoms with E-state index in [2.05, 4.69) is 180 Å². The van der Waals surface area contributed by atoms with Crippen molar-refractivity contribution in [2.75, 3.05) is 7.11 Å².